The van der Waals surface area contributed by atoms with Gasteiger partial charge in [0.25, 0.3) is 0 Å². The van der Waals surface area contributed by atoms with Crippen LogP contribution in [0.15, 0.2) is 206 Å². The van der Waals surface area contributed by atoms with Gasteiger partial charge in [0, 0.05) is 50.4 Å². The van der Waals surface area contributed by atoms with Crippen LogP contribution in [-0.2, 0) is 16.2 Å². The highest BCUT2D eigenvalue weighted by Gasteiger charge is 2.44. The Morgan fingerprint density at radius 2 is 0.506 bits per heavy atom. The lowest BCUT2D eigenvalue weighted by Gasteiger charge is -2.33. The van der Waals surface area contributed by atoms with Crippen molar-refractivity contribution in [2.75, 3.05) is 9.80 Å². The molecule has 0 unspecified atom stereocenters. The molecular weight excluding hydrogens is 977 g/mol. The van der Waals surface area contributed by atoms with E-state index in [0.29, 0.717) is 0 Å². The number of aryl methyl sites for hydroxylation is 4. The zero-order chi connectivity index (χ0) is 56.0. The molecule has 0 radical (unpaired) electrons. The van der Waals surface area contributed by atoms with Gasteiger partial charge in [-0.05, 0) is 227 Å². The SMILES string of the molecule is CCCCC1(CCCC)c2cc(-c3ccc4c(c3)C(C)(C)c3cc(N(c5ccc(C)cc5)c5ccc(C)cc5)ccc3-4)ccc2-c2ccc(-c3ccc4c(c3)C(C)(C)c3cc(N(c5ccc(C)cc5)c5ccc(C)cc5)ccc3-4)cc21. The van der Waals surface area contributed by atoms with Gasteiger partial charge in [0.05, 0.1) is 0 Å². The second kappa shape index (κ2) is 20.1. The predicted octanol–water partition coefficient (Wildman–Crippen LogP) is 22.5. The molecule has 10 aromatic carbocycles. The third-order valence-corrected chi connectivity index (χ3v) is 18.9. The third-order valence-electron chi connectivity index (χ3n) is 18.9. The molecule has 0 heterocycles. The van der Waals surface area contributed by atoms with Crippen molar-refractivity contribution in [1.82, 2.24) is 0 Å². The monoisotopic (exact) mass is 1050 g/mol. The minimum Gasteiger partial charge on any atom is -0.310 e. The van der Waals surface area contributed by atoms with Crippen molar-refractivity contribution < 1.29 is 0 Å². The number of anilines is 6. The summed E-state index contributed by atoms with van der Waals surface area (Å²) >= 11 is 0. The largest absolute Gasteiger partial charge is 0.310 e. The molecule has 3 aliphatic carbocycles. The maximum Gasteiger partial charge on any atom is 0.0465 e. The van der Waals surface area contributed by atoms with Gasteiger partial charge in [-0.25, -0.2) is 0 Å². The summed E-state index contributed by atoms with van der Waals surface area (Å²) in [7, 11) is 0. The van der Waals surface area contributed by atoms with Crippen LogP contribution in [0.5, 0.6) is 0 Å². The highest BCUT2D eigenvalue weighted by molar-refractivity contribution is 5.92. The summed E-state index contributed by atoms with van der Waals surface area (Å²) in [6.07, 6.45) is 7.00. The summed E-state index contributed by atoms with van der Waals surface area (Å²) in [5.74, 6) is 0. The summed E-state index contributed by atoms with van der Waals surface area (Å²) in [5, 5.41) is 0. The molecule has 2 heteroatoms. The van der Waals surface area contributed by atoms with E-state index in [2.05, 4.69) is 285 Å². The van der Waals surface area contributed by atoms with Crippen LogP contribution in [0.4, 0.5) is 34.1 Å². The Morgan fingerprint density at radius 1 is 0.272 bits per heavy atom. The number of hydrogen-bond donors (Lipinski definition) is 0. The van der Waals surface area contributed by atoms with Gasteiger partial charge in [-0.3, -0.25) is 0 Å². The van der Waals surface area contributed by atoms with Crippen LogP contribution in [0, 0.1) is 27.7 Å². The second-order valence-corrected chi connectivity index (χ2v) is 25.1. The van der Waals surface area contributed by atoms with E-state index in [9.17, 15) is 0 Å². The van der Waals surface area contributed by atoms with Crippen molar-refractivity contribution in [3.8, 4) is 55.6 Å². The van der Waals surface area contributed by atoms with Gasteiger partial charge >= 0.3 is 0 Å². The van der Waals surface area contributed by atoms with E-state index >= 15 is 0 Å². The van der Waals surface area contributed by atoms with Gasteiger partial charge < -0.3 is 9.80 Å². The van der Waals surface area contributed by atoms with Crippen LogP contribution in [0.25, 0.3) is 55.6 Å². The lowest BCUT2D eigenvalue weighted by Crippen LogP contribution is -2.25. The second-order valence-electron chi connectivity index (χ2n) is 25.1. The molecule has 0 saturated carbocycles. The van der Waals surface area contributed by atoms with Gasteiger partial charge in [-0.1, -0.05) is 199 Å². The van der Waals surface area contributed by atoms with E-state index < -0.39 is 0 Å². The zero-order valence-corrected chi connectivity index (χ0v) is 49.3. The zero-order valence-electron chi connectivity index (χ0n) is 49.3. The van der Waals surface area contributed by atoms with Crippen molar-refractivity contribution in [1.29, 1.82) is 0 Å². The van der Waals surface area contributed by atoms with E-state index in [1.165, 1.54) is 148 Å². The Labute approximate surface area is 482 Å². The lowest BCUT2D eigenvalue weighted by atomic mass is 9.70. The molecule has 3 aliphatic rings. The lowest BCUT2D eigenvalue weighted by molar-refractivity contribution is 0.414. The molecule has 13 rings (SSSR count). The molecule has 0 spiro atoms. The highest BCUT2D eigenvalue weighted by atomic mass is 15.1. The van der Waals surface area contributed by atoms with E-state index in [4.69, 9.17) is 0 Å². The molecule has 402 valence electrons. The Hall–Kier alpha value is -8.20. The Kier molecular flexibility index (Phi) is 13.0. The first-order valence-corrected chi connectivity index (χ1v) is 29.9. The molecule has 0 amide bonds. The van der Waals surface area contributed by atoms with Crippen molar-refractivity contribution in [2.45, 2.75) is 124 Å². The van der Waals surface area contributed by atoms with Gasteiger partial charge in [0.1, 0.15) is 0 Å². The molecule has 0 atom stereocenters. The van der Waals surface area contributed by atoms with Gasteiger partial charge in [-0.15, -0.1) is 0 Å². The first kappa shape index (κ1) is 52.2. The molecule has 0 N–H and O–H groups in total. The fourth-order valence-electron chi connectivity index (χ4n) is 14.2. The number of hydrogen-bond acceptors (Lipinski definition) is 2. The number of benzene rings is 10. The first-order valence-electron chi connectivity index (χ1n) is 29.9. The smallest absolute Gasteiger partial charge is 0.0465 e. The van der Waals surface area contributed by atoms with Crippen molar-refractivity contribution >= 4 is 34.1 Å². The van der Waals surface area contributed by atoms with Crippen molar-refractivity contribution in [3.05, 3.63) is 262 Å². The normalized spacial score (nSPS) is 14.4. The van der Waals surface area contributed by atoms with Gasteiger partial charge in [0.15, 0.2) is 0 Å². The van der Waals surface area contributed by atoms with Crippen LogP contribution in [0.1, 0.15) is 136 Å². The summed E-state index contributed by atoms with van der Waals surface area (Å²) in [4.78, 5) is 4.82. The first-order chi connectivity index (χ1) is 39.2. The summed E-state index contributed by atoms with van der Waals surface area (Å²) < 4.78 is 0. The molecule has 10 aromatic rings. The average Bonchev–Trinajstić information content (AvgIpc) is 3.86. The minimum absolute atomic E-state index is 0.0739. The maximum absolute atomic E-state index is 2.61. The van der Waals surface area contributed by atoms with Gasteiger partial charge in [0.2, 0.25) is 0 Å². The number of fused-ring (bicyclic) bond motifs is 9. The number of rotatable bonds is 14. The highest BCUT2D eigenvalue weighted by Crippen LogP contribution is 2.58. The Balaban J connectivity index is 0.843. The minimum atomic E-state index is -0.193. The van der Waals surface area contributed by atoms with Crippen molar-refractivity contribution in [3.63, 3.8) is 0 Å². The topological polar surface area (TPSA) is 6.48 Å². The molecule has 0 bridgehead atoms. The third kappa shape index (κ3) is 8.76. The fourth-order valence-corrected chi connectivity index (χ4v) is 14.2. The quantitative estimate of drug-likeness (QED) is 0.107. The molecule has 0 aliphatic heterocycles. The number of nitrogens with zero attached hydrogens (tertiary/aromatic N) is 2. The van der Waals surface area contributed by atoms with Crippen LogP contribution in [0.3, 0.4) is 0 Å². The van der Waals surface area contributed by atoms with E-state index in [0.717, 1.165) is 35.6 Å². The van der Waals surface area contributed by atoms with Crippen molar-refractivity contribution in [2.24, 2.45) is 0 Å². The van der Waals surface area contributed by atoms with E-state index in [1.54, 1.807) is 0 Å². The van der Waals surface area contributed by atoms with Crippen LogP contribution < -0.4 is 9.80 Å². The average molecular weight is 1050 g/mol. The fraction of sp³-hybridized carbons (Fsp3) is 0.241. The standard InChI is InChI=1S/C79H76N2/c1-11-13-43-79(44-14-12-2)75-47-57(55-23-37-65-67-41-35-63(49-73(67)77(7,8)71(65)45-55)80(59-27-15-51(3)16-28-59)60-29-17-52(4)18-30-60)25-39-69(75)70-40-26-58(48-76(70)79)56-24-38-66-68-42-36-64(50-74(68)78(9,10)72(66)46-56)81(61-31-19-53(5)20-32-61)62-33-21-54(6)22-34-62/h15-42,45-50H,11-14,43-44H2,1-10H3. The molecule has 81 heavy (non-hydrogen) atoms. The summed E-state index contributed by atoms with van der Waals surface area (Å²) in [6.45, 7) is 23.1. The molecular formula is C79H76N2. The maximum atomic E-state index is 2.61. The van der Waals surface area contributed by atoms with Crippen LogP contribution in [0.2, 0.25) is 0 Å². The Bertz CT molecular complexity index is 3680. The predicted molar refractivity (Wildman–Crippen MR) is 346 cm³/mol. The van der Waals surface area contributed by atoms with E-state index in [1.807, 2.05) is 0 Å². The van der Waals surface area contributed by atoms with Crippen LogP contribution in [-0.4, -0.2) is 0 Å². The molecule has 2 nitrogen and oxygen atoms in total. The molecule has 0 saturated heterocycles. The van der Waals surface area contributed by atoms with E-state index in [-0.39, 0.29) is 16.2 Å². The summed E-state index contributed by atoms with van der Waals surface area (Å²) in [6, 6.07) is 79.6. The van der Waals surface area contributed by atoms with Crippen LogP contribution >= 0.6 is 0 Å². The molecule has 0 fully saturated rings. The van der Waals surface area contributed by atoms with Gasteiger partial charge in [-0.2, -0.15) is 0 Å². The molecule has 0 aromatic heterocycles. The summed E-state index contributed by atoms with van der Waals surface area (Å²) in [5.41, 5.74) is 33.6. The Morgan fingerprint density at radius 3 is 0.790 bits per heavy atom. The number of unbranched alkanes of at least 4 members (excludes halogenated alkanes) is 2.